The smallest absolute Gasteiger partial charge is 0.410 e. The third kappa shape index (κ3) is 7.64. The lowest BCUT2D eigenvalue weighted by Crippen LogP contribution is -2.47. The van der Waals surface area contributed by atoms with Crippen LogP contribution in [0.25, 0.3) is 11.0 Å². The quantitative estimate of drug-likeness (QED) is 0.289. The molecule has 6 rings (SSSR count). The van der Waals surface area contributed by atoms with Crippen LogP contribution in [0.2, 0.25) is 0 Å². The van der Waals surface area contributed by atoms with Gasteiger partial charge in [-0.25, -0.2) is 14.8 Å². The maximum absolute atomic E-state index is 13.5. The Bertz CT molecular complexity index is 1680. The van der Waals surface area contributed by atoms with Crippen molar-refractivity contribution in [2.24, 2.45) is 5.92 Å². The maximum atomic E-state index is 13.5. The molecule has 2 saturated heterocycles. The molecule has 48 heavy (non-hydrogen) atoms. The van der Waals surface area contributed by atoms with Gasteiger partial charge in [-0.15, -0.1) is 0 Å². The summed E-state index contributed by atoms with van der Waals surface area (Å²) < 4.78 is 7.27. The van der Waals surface area contributed by atoms with Gasteiger partial charge in [-0.2, -0.15) is 4.98 Å². The van der Waals surface area contributed by atoms with E-state index in [2.05, 4.69) is 31.2 Å². The van der Waals surface area contributed by atoms with Crippen LogP contribution in [-0.2, 0) is 4.74 Å². The molecule has 0 aromatic carbocycles. The highest BCUT2D eigenvalue weighted by Crippen LogP contribution is 2.32. The zero-order chi connectivity index (χ0) is 34.0. The van der Waals surface area contributed by atoms with Crippen molar-refractivity contribution in [3.8, 4) is 0 Å². The number of ether oxygens (including phenoxy) is 1. The highest BCUT2D eigenvalue weighted by molar-refractivity contribution is 5.99. The first kappa shape index (κ1) is 33.8. The first-order valence-electron chi connectivity index (χ1n) is 17.6. The average molecular weight is 661 g/mol. The number of rotatable bonds is 8. The minimum atomic E-state index is -0.454. The number of ketones is 1. The zero-order valence-electron chi connectivity index (χ0n) is 29.1. The molecular weight excluding hydrogens is 608 g/mol. The first-order valence-corrected chi connectivity index (χ1v) is 17.6. The van der Waals surface area contributed by atoms with E-state index in [1.165, 1.54) is 6.92 Å². The van der Waals surface area contributed by atoms with Crippen molar-refractivity contribution in [1.82, 2.24) is 29.3 Å². The van der Waals surface area contributed by atoms with Gasteiger partial charge < -0.3 is 19.9 Å². The number of anilines is 3. The Labute approximate surface area is 284 Å². The van der Waals surface area contributed by atoms with Crippen LogP contribution in [0.5, 0.6) is 0 Å². The van der Waals surface area contributed by atoms with Crippen LogP contribution >= 0.6 is 0 Å². The van der Waals surface area contributed by atoms with E-state index in [0.29, 0.717) is 28.9 Å². The van der Waals surface area contributed by atoms with E-state index in [1.54, 1.807) is 17.7 Å². The molecule has 3 fully saturated rings. The van der Waals surface area contributed by atoms with Crippen molar-refractivity contribution in [3.05, 3.63) is 46.0 Å². The van der Waals surface area contributed by atoms with Gasteiger partial charge in [0.15, 0.2) is 5.78 Å². The molecule has 0 spiro atoms. The van der Waals surface area contributed by atoms with Crippen molar-refractivity contribution in [2.45, 2.75) is 91.2 Å². The number of carbonyl (C=O) groups excluding carboxylic acids is 2. The van der Waals surface area contributed by atoms with Crippen LogP contribution in [0, 0.1) is 12.8 Å². The predicted molar refractivity (Wildman–Crippen MR) is 189 cm³/mol. The Morgan fingerprint density at radius 1 is 0.979 bits per heavy atom. The maximum Gasteiger partial charge on any atom is 0.410 e. The SMILES string of the molecule is CC(=O)c1c(C)c2cnc(Nc3ccc(N4CCN(CCC5CCN(C(=O)OC(C)(C)C)CC5)CC4)cn3)nc2n(C2CCCC2)c1=O.[HH]. The second kappa shape index (κ2) is 14.2. The molecule has 1 N–H and O–H groups in total. The normalized spacial score (nSPS) is 18.4. The van der Waals surface area contributed by atoms with Gasteiger partial charge in [0.2, 0.25) is 5.95 Å². The Hall–Kier alpha value is -4.06. The first-order chi connectivity index (χ1) is 23.0. The molecule has 1 aliphatic carbocycles. The predicted octanol–water partition coefficient (Wildman–Crippen LogP) is 5.96. The number of hydrogen-bond acceptors (Lipinski definition) is 10. The van der Waals surface area contributed by atoms with E-state index in [4.69, 9.17) is 9.72 Å². The van der Waals surface area contributed by atoms with Gasteiger partial charge >= 0.3 is 6.09 Å². The summed E-state index contributed by atoms with van der Waals surface area (Å²) in [6.07, 6.45) is 10.5. The van der Waals surface area contributed by atoms with Crippen LogP contribution in [0.3, 0.4) is 0 Å². The van der Waals surface area contributed by atoms with E-state index in [1.807, 2.05) is 37.9 Å². The van der Waals surface area contributed by atoms with Gasteiger partial charge in [-0.3, -0.25) is 19.1 Å². The lowest BCUT2D eigenvalue weighted by atomic mass is 9.93. The minimum absolute atomic E-state index is 0. The highest BCUT2D eigenvalue weighted by Gasteiger charge is 2.28. The molecule has 260 valence electrons. The molecule has 3 aromatic rings. The zero-order valence-corrected chi connectivity index (χ0v) is 29.1. The number of piperazine rings is 1. The van der Waals surface area contributed by atoms with Crippen molar-refractivity contribution < 1.29 is 15.8 Å². The third-order valence-corrected chi connectivity index (χ3v) is 10.1. The third-order valence-electron chi connectivity index (χ3n) is 10.1. The fourth-order valence-electron chi connectivity index (χ4n) is 7.40. The van der Waals surface area contributed by atoms with E-state index in [9.17, 15) is 14.4 Å². The van der Waals surface area contributed by atoms with Gasteiger partial charge in [0.05, 0.1) is 17.4 Å². The molecule has 0 bridgehead atoms. The fraction of sp³-hybridized carbons (Fsp3) is 0.611. The lowest BCUT2D eigenvalue weighted by Gasteiger charge is -2.37. The van der Waals surface area contributed by atoms with Gasteiger partial charge in [0.1, 0.15) is 17.1 Å². The van der Waals surface area contributed by atoms with Crippen molar-refractivity contribution in [1.29, 1.82) is 0 Å². The van der Waals surface area contributed by atoms with Crippen LogP contribution < -0.4 is 15.8 Å². The van der Waals surface area contributed by atoms with Crippen molar-refractivity contribution >= 4 is 40.4 Å². The Balaban J connectivity index is 0.00000468. The number of aromatic nitrogens is 4. The Morgan fingerprint density at radius 2 is 1.69 bits per heavy atom. The molecule has 1 saturated carbocycles. The van der Waals surface area contributed by atoms with Crippen molar-refractivity contribution in [3.63, 3.8) is 0 Å². The largest absolute Gasteiger partial charge is 0.444 e. The molecule has 3 aromatic heterocycles. The molecular formula is C36H52N8O4. The number of nitrogens with one attached hydrogen (secondary N) is 1. The molecule has 12 nitrogen and oxygen atoms in total. The van der Waals surface area contributed by atoms with E-state index in [0.717, 1.165) is 102 Å². The van der Waals surface area contributed by atoms with Crippen LogP contribution in [0.4, 0.5) is 22.2 Å². The lowest BCUT2D eigenvalue weighted by molar-refractivity contribution is 0.0177. The molecule has 0 atom stereocenters. The van der Waals surface area contributed by atoms with E-state index < -0.39 is 5.60 Å². The molecule has 1 amide bonds. The molecule has 3 aliphatic rings. The summed E-state index contributed by atoms with van der Waals surface area (Å²) in [6, 6.07) is 4.04. The number of Topliss-reactive ketones (excluding diaryl/α,β-unsaturated/α-hetero) is 1. The average Bonchev–Trinajstić information content (AvgIpc) is 3.58. The summed E-state index contributed by atoms with van der Waals surface area (Å²) in [5.41, 5.74) is 1.79. The molecule has 5 heterocycles. The summed E-state index contributed by atoms with van der Waals surface area (Å²) in [5, 5.41) is 3.95. The minimum Gasteiger partial charge on any atom is -0.444 e. The van der Waals surface area contributed by atoms with Crippen LogP contribution in [-0.4, -0.2) is 92.6 Å². The van der Waals surface area contributed by atoms with Gasteiger partial charge in [-0.05, 0) is 96.9 Å². The number of fused-ring (bicyclic) bond motifs is 1. The summed E-state index contributed by atoms with van der Waals surface area (Å²) in [7, 11) is 0. The standard InChI is InChI=1S/C36H50N8O4.H2/c1-24-29-23-38-34(40-32(29)44(27-8-6-7-9-27)33(46)31(24)25(2)45)39-30-11-10-28(22-37-30)42-20-18-41(19-21-42)15-12-26-13-16-43(17-14-26)35(47)48-36(3,4)5;/h10-11,22-23,26-27H,6-9,12-21H2,1-5H3,(H,37,38,39,40);1H. The monoisotopic (exact) mass is 660 g/mol. The summed E-state index contributed by atoms with van der Waals surface area (Å²) >= 11 is 0. The van der Waals surface area contributed by atoms with Crippen molar-refractivity contribution in [2.75, 3.05) is 56.0 Å². The van der Waals surface area contributed by atoms with E-state index >= 15 is 0 Å². The van der Waals surface area contributed by atoms with Gasteiger partial charge in [0, 0.05) is 58.3 Å². The van der Waals surface area contributed by atoms with Gasteiger partial charge in [0.25, 0.3) is 5.56 Å². The molecule has 2 aliphatic heterocycles. The Kier molecular flexibility index (Phi) is 10.0. The second-order valence-corrected chi connectivity index (χ2v) is 14.7. The van der Waals surface area contributed by atoms with Crippen LogP contribution in [0.1, 0.15) is 96.0 Å². The van der Waals surface area contributed by atoms with Crippen LogP contribution in [0.15, 0.2) is 29.3 Å². The fourth-order valence-corrected chi connectivity index (χ4v) is 7.40. The Morgan fingerprint density at radius 3 is 2.31 bits per heavy atom. The number of likely N-dealkylation sites (tertiary alicyclic amines) is 1. The number of nitrogens with zero attached hydrogens (tertiary/aromatic N) is 7. The summed E-state index contributed by atoms with van der Waals surface area (Å²) in [5.74, 6) is 1.41. The number of piperidine rings is 1. The second-order valence-electron chi connectivity index (χ2n) is 14.7. The topological polar surface area (TPSA) is 126 Å². The molecule has 0 unspecified atom stereocenters. The molecule has 0 radical (unpaired) electrons. The highest BCUT2D eigenvalue weighted by atomic mass is 16.6. The molecule has 12 heteroatoms. The number of carbonyl (C=O) groups is 2. The number of hydrogen-bond donors (Lipinski definition) is 1. The van der Waals surface area contributed by atoms with E-state index in [-0.39, 0.29) is 30.5 Å². The number of pyridine rings is 2. The number of aryl methyl sites for hydroxylation is 1. The summed E-state index contributed by atoms with van der Waals surface area (Å²) in [4.78, 5) is 59.0. The number of amides is 1. The van der Waals surface area contributed by atoms with Gasteiger partial charge in [-0.1, -0.05) is 12.8 Å². The summed E-state index contributed by atoms with van der Waals surface area (Å²) in [6.45, 7) is 15.5.